The van der Waals surface area contributed by atoms with Gasteiger partial charge in [0.25, 0.3) is 0 Å². The lowest BCUT2D eigenvalue weighted by molar-refractivity contribution is -0.274. The smallest absolute Gasteiger partial charge is 0.406 e. The van der Waals surface area contributed by atoms with Crippen LogP contribution in [0.3, 0.4) is 0 Å². The van der Waals surface area contributed by atoms with E-state index in [4.69, 9.17) is 0 Å². The van der Waals surface area contributed by atoms with Gasteiger partial charge in [-0.15, -0.1) is 13.2 Å². The van der Waals surface area contributed by atoms with Crippen LogP contribution in [0.1, 0.15) is 12.1 Å². The Kier molecular flexibility index (Phi) is 5.09. The predicted molar refractivity (Wildman–Crippen MR) is 79.7 cm³/mol. The minimum absolute atomic E-state index is 0.0296. The Morgan fingerprint density at radius 1 is 1.39 bits per heavy atom. The average molecular weight is 346 g/mol. The topological polar surface area (TPSA) is 60.3 Å². The molecule has 0 bridgehead atoms. The van der Waals surface area contributed by atoms with Crippen molar-refractivity contribution in [3.05, 3.63) is 45.0 Å². The van der Waals surface area contributed by atoms with Crippen LogP contribution in [0.2, 0.25) is 0 Å². The van der Waals surface area contributed by atoms with E-state index in [0.717, 1.165) is 29.2 Å². The largest absolute Gasteiger partial charge is 0.573 e. The fourth-order valence-electron chi connectivity index (χ4n) is 1.88. The quantitative estimate of drug-likeness (QED) is 0.905. The molecule has 0 aliphatic heterocycles. The van der Waals surface area contributed by atoms with Gasteiger partial charge in [-0.1, -0.05) is 17.4 Å². The van der Waals surface area contributed by atoms with Gasteiger partial charge in [-0.25, -0.2) is 0 Å². The third-order valence-corrected chi connectivity index (χ3v) is 3.77. The van der Waals surface area contributed by atoms with Crippen molar-refractivity contribution in [3.8, 4) is 5.75 Å². The fraction of sp³-hybridized carbons (Fsp3) is 0.286. The molecule has 2 aromatic rings. The van der Waals surface area contributed by atoms with E-state index in [1.54, 1.807) is 12.3 Å². The highest BCUT2D eigenvalue weighted by molar-refractivity contribution is 7.07. The molecular weight excluding hydrogens is 333 g/mol. The monoisotopic (exact) mass is 346 g/mol. The molecule has 0 spiro atoms. The molecule has 0 saturated carbocycles. The second-order valence-electron chi connectivity index (χ2n) is 4.67. The van der Waals surface area contributed by atoms with Crippen LogP contribution in [0.5, 0.6) is 5.75 Å². The number of hydrogen-bond donors (Lipinski definition) is 1. The molecule has 0 unspecified atom stereocenters. The van der Waals surface area contributed by atoms with Crippen molar-refractivity contribution in [2.24, 2.45) is 0 Å². The van der Waals surface area contributed by atoms with Gasteiger partial charge in [-0.3, -0.25) is 9.59 Å². The molecule has 1 N–H and O–H groups in total. The van der Waals surface area contributed by atoms with Gasteiger partial charge in [0.1, 0.15) is 5.75 Å². The van der Waals surface area contributed by atoms with E-state index in [2.05, 4.69) is 10.1 Å². The standard InChI is InChI=1S/C14H13F3N2O3S/c1-9-8-23-13(21)19(9)6-5-12(20)18-10-3-2-4-11(7-10)22-14(15,16)17/h2-4,7-8H,5-6H2,1H3,(H,18,20). The van der Waals surface area contributed by atoms with E-state index in [1.165, 1.54) is 16.7 Å². The lowest BCUT2D eigenvalue weighted by Gasteiger charge is -2.11. The van der Waals surface area contributed by atoms with Crippen molar-refractivity contribution in [3.63, 3.8) is 0 Å². The second kappa shape index (κ2) is 6.86. The van der Waals surface area contributed by atoms with Crippen molar-refractivity contribution >= 4 is 22.9 Å². The van der Waals surface area contributed by atoms with E-state index in [1.807, 2.05) is 0 Å². The van der Waals surface area contributed by atoms with Crippen LogP contribution in [0.15, 0.2) is 34.4 Å². The first kappa shape index (κ1) is 17.1. The number of ether oxygens (including phenoxy) is 1. The second-order valence-corrected chi connectivity index (χ2v) is 5.49. The van der Waals surface area contributed by atoms with Crippen LogP contribution in [-0.2, 0) is 11.3 Å². The predicted octanol–water partition coefficient (Wildman–Crippen LogP) is 3.15. The van der Waals surface area contributed by atoms with E-state index in [9.17, 15) is 22.8 Å². The van der Waals surface area contributed by atoms with Crippen molar-refractivity contribution < 1.29 is 22.7 Å². The third-order valence-electron chi connectivity index (χ3n) is 2.89. The molecule has 0 aliphatic rings. The van der Waals surface area contributed by atoms with Crippen molar-refractivity contribution in [2.45, 2.75) is 26.3 Å². The number of nitrogens with zero attached hydrogens (tertiary/aromatic N) is 1. The van der Waals surface area contributed by atoms with Crippen LogP contribution in [0.4, 0.5) is 18.9 Å². The van der Waals surface area contributed by atoms with Crippen LogP contribution < -0.4 is 14.9 Å². The summed E-state index contributed by atoms with van der Waals surface area (Å²) in [4.78, 5) is 23.2. The molecule has 5 nitrogen and oxygen atoms in total. The summed E-state index contributed by atoms with van der Waals surface area (Å²) in [5.74, 6) is -0.827. The number of hydrogen-bond acceptors (Lipinski definition) is 4. The van der Waals surface area contributed by atoms with Crippen LogP contribution >= 0.6 is 11.3 Å². The zero-order valence-electron chi connectivity index (χ0n) is 12.0. The number of thiazole rings is 1. The molecule has 0 aliphatic carbocycles. The Bertz CT molecular complexity index is 752. The first-order chi connectivity index (χ1) is 10.7. The Morgan fingerprint density at radius 3 is 2.74 bits per heavy atom. The highest BCUT2D eigenvalue weighted by Crippen LogP contribution is 2.25. The molecule has 0 fully saturated rings. The van der Waals surface area contributed by atoms with E-state index in [0.29, 0.717) is 0 Å². The summed E-state index contributed by atoms with van der Waals surface area (Å²) in [6, 6.07) is 5.00. The summed E-state index contributed by atoms with van der Waals surface area (Å²) >= 11 is 1.05. The molecule has 1 heterocycles. The average Bonchev–Trinajstić information content (AvgIpc) is 2.74. The lowest BCUT2D eigenvalue weighted by Crippen LogP contribution is -2.20. The maximum atomic E-state index is 12.1. The van der Waals surface area contributed by atoms with Gasteiger partial charge in [-0.2, -0.15) is 0 Å². The molecule has 1 amide bonds. The molecule has 0 radical (unpaired) electrons. The summed E-state index contributed by atoms with van der Waals surface area (Å²) in [6.45, 7) is 1.96. The number of rotatable bonds is 5. The molecule has 1 aromatic heterocycles. The molecular formula is C14H13F3N2O3S. The number of carbonyl (C=O) groups is 1. The van der Waals surface area contributed by atoms with Gasteiger partial charge in [0.05, 0.1) is 0 Å². The van der Waals surface area contributed by atoms with Crippen molar-refractivity contribution in [1.29, 1.82) is 0 Å². The summed E-state index contributed by atoms with van der Waals surface area (Å²) in [5, 5.41) is 4.16. The summed E-state index contributed by atoms with van der Waals surface area (Å²) < 4.78 is 41.7. The number of benzene rings is 1. The first-order valence-electron chi connectivity index (χ1n) is 6.55. The van der Waals surface area contributed by atoms with Crippen molar-refractivity contribution in [2.75, 3.05) is 5.32 Å². The number of amides is 1. The highest BCUT2D eigenvalue weighted by atomic mass is 32.1. The van der Waals surface area contributed by atoms with Gasteiger partial charge in [0, 0.05) is 35.8 Å². The Morgan fingerprint density at radius 2 is 2.13 bits per heavy atom. The van der Waals surface area contributed by atoms with Crippen molar-refractivity contribution in [1.82, 2.24) is 4.57 Å². The van der Waals surface area contributed by atoms with E-state index < -0.39 is 18.0 Å². The molecule has 0 atom stereocenters. The number of alkyl halides is 3. The lowest BCUT2D eigenvalue weighted by atomic mass is 10.3. The van der Waals surface area contributed by atoms with Crippen LogP contribution in [-0.4, -0.2) is 16.8 Å². The zero-order valence-corrected chi connectivity index (χ0v) is 12.8. The maximum absolute atomic E-state index is 12.1. The SMILES string of the molecule is Cc1csc(=O)n1CCC(=O)Nc1cccc(OC(F)(F)F)c1. The van der Waals surface area contributed by atoms with Crippen LogP contribution in [0, 0.1) is 6.92 Å². The Balaban J connectivity index is 1.95. The van der Waals surface area contributed by atoms with Gasteiger partial charge in [0.2, 0.25) is 5.91 Å². The molecule has 23 heavy (non-hydrogen) atoms. The first-order valence-corrected chi connectivity index (χ1v) is 7.43. The van der Waals surface area contributed by atoms with Gasteiger partial charge in [0.15, 0.2) is 0 Å². The minimum Gasteiger partial charge on any atom is -0.406 e. The highest BCUT2D eigenvalue weighted by Gasteiger charge is 2.31. The molecule has 2 rings (SSSR count). The van der Waals surface area contributed by atoms with E-state index >= 15 is 0 Å². The fourth-order valence-corrected chi connectivity index (χ4v) is 2.64. The number of anilines is 1. The summed E-state index contributed by atoms with van der Waals surface area (Å²) in [5.41, 5.74) is 0.944. The third kappa shape index (κ3) is 5.13. The van der Waals surface area contributed by atoms with Gasteiger partial charge in [-0.05, 0) is 19.1 Å². The number of aryl methyl sites for hydroxylation is 1. The molecule has 0 saturated heterocycles. The van der Waals surface area contributed by atoms with Gasteiger partial charge < -0.3 is 14.6 Å². The van der Waals surface area contributed by atoms with E-state index in [-0.39, 0.29) is 23.5 Å². The number of nitrogens with one attached hydrogen (secondary N) is 1. The Labute approximate surface area is 133 Å². The number of carbonyl (C=O) groups excluding carboxylic acids is 1. The van der Waals surface area contributed by atoms with Crippen LogP contribution in [0.25, 0.3) is 0 Å². The maximum Gasteiger partial charge on any atom is 0.573 e. The normalized spacial score (nSPS) is 11.3. The zero-order chi connectivity index (χ0) is 17.0. The molecule has 124 valence electrons. The molecule has 1 aromatic carbocycles. The summed E-state index contributed by atoms with van der Waals surface area (Å²) in [7, 11) is 0. The Hall–Kier alpha value is -2.29. The molecule has 9 heteroatoms. The van der Waals surface area contributed by atoms with Gasteiger partial charge >= 0.3 is 11.2 Å². The summed E-state index contributed by atoms with van der Waals surface area (Å²) in [6.07, 6.45) is -4.76. The minimum atomic E-state index is -4.79. The number of aromatic nitrogens is 1. The number of halogens is 3.